The average molecular weight is 246 g/mol. The molecule has 1 N–H and O–H groups in total. The number of halogens is 1. The molecule has 88 valence electrons. The first kappa shape index (κ1) is 12.2. The van der Waals surface area contributed by atoms with Crippen molar-refractivity contribution >= 4 is 11.6 Å². The molecule has 0 amide bonds. The second kappa shape index (κ2) is 5.35. The Morgan fingerprint density at radius 3 is 2.29 bits per heavy atom. The van der Waals surface area contributed by atoms with E-state index in [0.29, 0.717) is 6.04 Å². The van der Waals surface area contributed by atoms with Crippen LogP contribution >= 0.6 is 11.6 Å². The van der Waals surface area contributed by atoms with E-state index >= 15 is 0 Å². The lowest BCUT2D eigenvalue weighted by atomic mass is 9.96. The molecule has 0 aliphatic rings. The van der Waals surface area contributed by atoms with Crippen LogP contribution in [0.15, 0.2) is 48.5 Å². The van der Waals surface area contributed by atoms with Crippen LogP contribution in [-0.4, -0.2) is 7.05 Å². The SMILES string of the molecule is CNC(C)c1ccccc1-c1ccc(Cl)cc1. The van der Waals surface area contributed by atoms with Gasteiger partial charge in [0, 0.05) is 11.1 Å². The van der Waals surface area contributed by atoms with Crippen LogP contribution in [0.1, 0.15) is 18.5 Å². The number of benzene rings is 2. The Bertz CT molecular complexity index is 491. The van der Waals surface area contributed by atoms with Crippen LogP contribution in [0, 0.1) is 0 Å². The van der Waals surface area contributed by atoms with Crippen molar-refractivity contribution in [3.63, 3.8) is 0 Å². The monoisotopic (exact) mass is 245 g/mol. The highest BCUT2D eigenvalue weighted by molar-refractivity contribution is 6.30. The van der Waals surface area contributed by atoms with Crippen LogP contribution in [0.3, 0.4) is 0 Å². The molecule has 2 aromatic rings. The van der Waals surface area contributed by atoms with E-state index in [2.05, 4.69) is 48.6 Å². The lowest BCUT2D eigenvalue weighted by Gasteiger charge is -2.16. The maximum absolute atomic E-state index is 5.92. The fraction of sp³-hybridized carbons (Fsp3) is 0.200. The minimum absolute atomic E-state index is 0.335. The third-order valence-corrected chi connectivity index (χ3v) is 3.27. The molecular weight excluding hydrogens is 230 g/mol. The van der Waals surface area contributed by atoms with Crippen LogP contribution in [-0.2, 0) is 0 Å². The molecule has 1 atom stereocenters. The summed E-state index contributed by atoms with van der Waals surface area (Å²) in [6.07, 6.45) is 0. The van der Waals surface area contributed by atoms with Crippen LogP contribution in [0.25, 0.3) is 11.1 Å². The molecule has 0 fully saturated rings. The molecule has 0 radical (unpaired) electrons. The molecule has 0 aliphatic carbocycles. The summed E-state index contributed by atoms with van der Waals surface area (Å²) in [5.41, 5.74) is 3.76. The normalized spacial score (nSPS) is 12.4. The predicted molar refractivity (Wildman–Crippen MR) is 74.4 cm³/mol. The van der Waals surface area contributed by atoms with E-state index in [-0.39, 0.29) is 0 Å². The molecular formula is C15H16ClN. The van der Waals surface area contributed by atoms with Gasteiger partial charge in [-0.05, 0) is 42.8 Å². The Morgan fingerprint density at radius 1 is 1.00 bits per heavy atom. The van der Waals surface area contributed by atoms with Crippen molar-refractivity contribution in [3.8, 4) is 11.1 Å². The number of rotatable bonds is 3. The molecule has 0 aliphatic heterocycles. The lowest BCUT2D eigenvalue weighted by molar-refractivity contribution is 0.654. The molecule has 2 heteroatoms. The van der Waals surface area contributed by atoms with E-state index in [1.54, 1.807) is 0 Å². The summed E-state index contributed by atoms with van der Waals surface area (Å²) in [7, 11) is 1.98. The third-order valence-electron chi connectivity index (χ3n) is 3.02. The Kier molecular flexibility index (Phi) is 3.82. The number of nitrogens with one attached hydrogen (secondary N) is 1. The Morgan fingerprint density at radius 2 is 1.65 bits per heavy atom. The molecule has 1 unspecified atom stereocenters. The first-order valence-electron chi connectivity index (χ1n) is 5.74. The standard InChI is InChI=1S/C15H16ClN/c1-11(17-2)14-5-3-4-6-15(14)12-7-9-13(16)10-8-12/h3-11,17H,1-2H3. The zero-order valence-electron chi connectivity index (χ0n) is 10.1. The summed E-state index contributed by atoms with van der Waals surface area (Å²) in [4.78, 5) is 0. The average Bonchev–Trinajstić information content (AvgIpc) is 2.39. The molecule has 17 heavy (non-hydrogen) atoms. The first-order chi connectivity index (χ1) is 8.22. The lowest BCUT2D eigenvalue weighted by Crippen LogP contribution is -2.13. The molecule has 2 rings (SSSR count). The molecule has 0 saturated heterocycles. The van der Waals surface area contributed by atoms with E-state index in [1.807, 2.05) is 19.2 Å². The predicted octanol–water partition coefficient (Wildman–Crippen LogP) is 4.29. The first-order valence-corrected chi connectivity index (χ1v) is 6.12. The van der Waals surface area contributed by atoms with Crippen molar-refractivity contribution in [2.75, 3.05) is 7.05 Å². The fourth-order valence-electron chi connectivity index (χ4n) is 1.92. The molecule has 1 nitrogen and oxygen atoms in total. The van der Waals surface area contributed by atoms with Crippen molar-refractivity contribution < 1.29 is 0 Å². The van der Waals surface area contributed by atoms with Crippen molar-refractivity contribution in [2.24, 2.45) is 0 Å². The quantitative estimate of drug-likeness (QED) is 0.851. The van der Waals surface area contributed by atoms with Crippen LogP contribution in [0.5, 0.6) is 0 Å². The number of hydrogen-bond acceptors (Lipinski definition) is 1. The summed E-state index contributed by atoms with van der Waals surface area (Å²) < 4.78 is 0. The fourth-order valence-corrected chi connectivity index (χ4v) is 2.05. The molecule has 0 heterocycles. The zero-order chi connectivity index (χ0) is 12.3. The topological polar surface area (TPSA) is 12.0 Å². The zero-order valence-corrected chi connectivity index (χ0v) is 10.8. The van der Waals surface area contributed by atoms with Crippen LogP contribution in [0.4, 0.5) is 0 Å². The maximum atomic E-state index is 5.92. The molecule has 0 saturated carbocycles. The number of hydrogen-bond donors (Lipinski definition) is 1. The van der Waals surface area contributed by atoms with E-state index in [9.17, 15) is 0 Å². The highest BCUT2D eigenvalue weighted by Gasteiger charge is 2.09. The van der Waals surface area contributed by atoms with E-state index in [0.717, 1.165) is 5.02 Å². The van der Waals surface area contributed by atoms with Crippen LogP contribution < -0.4 is 5.32 Å². The van der Waals surface area contributed by atoms with Gasteiger partial charge in [0.2, 0.25) is 0 Å². The highest BCUT2D eigenvalue weighted by atomic mass is 35.5. The smallest absolute Gasteiger partial charge is 0.0406 e. The largest absolute Gasteiger partial charge is 0.313 e. The van der Waals surface area contributed by atoms with Crippen molar-refractivity contribution in [1.82, 2.24) is 5.32 Å². The Labute approximate surface area is 107 Å². The van der Waals surface area contributed by atoms with Gasteiger partial charge in [-0.1, -0.05) is 48.0 Å². The van der Waals surface area contributed by atoms with Gasteiger partial charge in [-0.15, -0.1) is 0 Å². The van der Waals surface area contributed by atoms with Gasteiger partial charge in [-0.2, -0.15) is 0 Å². The van der Waals surface area contributed by atoms with Crippen molar-refractivity contribution in [3.05, 3.63) is 59.1 Å². The summed E-state index contributed by atoms with van der Waals surface area (Å²) in [5, 5.41) is 4.05. The van der Waals surface area contributed by atoms with E-state index < -0.39 is 0 Å². The van der Waals surface area contributed by atoms with Gasteiger partial charge in [-0.3, -0.25) is 0 Å². The van der Waals surface area contributed by atoms with Gasteiger partial charge >= 0.3 is 0 Å². The minimum atomic E-state index is 0.335. The maximum Gasteiger partial charge on any atom is 0.0406 e. The second-order valence-electron chi connectivity index (χ2n) is 4.10. The summed E-state index contributed by atoms with van der Waals surface area (Å²) in [6.45, 7) is 2.16. The van der Waals surface area contributed by atoms with Gasteiger partial charge in [0.1, 0.15) is 0 Å². The molecule has 2 aromatic carbocycles. The van der Waals surface area contributed by atoms with E-state index in [1.165, 1.54) is 16.7 Å². The Hall–Kier alpha value is -1.31. The molecule has 0 bridgehead atoms. The van der Waals surface area contributed by atoms with Gasteiger partial charge in [0.25, 0.3) is 0 Å². The van der Waals surface area contributed by atoms with Gasteiger partial charge in [0.05, 0.1) is 0 Å². The van der Waals surface area contributed by atoms with E-state index in [4.69, 9.17) is 11.6 Å². The molecule has 0 spiro atoms. The van der Waals surface area contributed by atoms with Gasteiger partial charge in [0.15, 0.2) is 0 Å². The van der Waals surface area contributed by atoms with Crippen LogP contribution in [0.2, 0.25) is 5.02 Å². The summed E-state index contributed by atoms with van der Waals surface area (Å²) in [6, 6.07) is 16.8. The highest BCUT2D eigenvalue weighted by Crippen LogP contribution is 2.28. The van der Waals surface area contributed by atoms with Gasteiger partial charge < -0.3 is 5.32 Å². The molecule has 0 aromatic heterocycles. The van der Waals surface area contributed by atoms with Crippen molar-refractivity contribution in [2.45, 2.75) is 13.0 Å². The Balaban J connectivity index is 2.48. The van der Waals surface area contributed by atoms with Crippen molar-refractivity contribution in [1.29, 1.82) is 0 Å². The summed E-state index contributed by atoms with van der Waals surface area (Å²) >= 11 is 5.92. The minimum Gasteiger partial charge on any atom is -0.313 e. The van der Waals surface area contributed by atoms with Gasteiger partial charge in [-0.25, -0.2) is 0 Å². The second-order valence-corrected chi connectivity index (χ2v) is 4.54. The third kappa shape index (κ3) is 2.68. The summed E-state index contributed by atoms with van der Waals surface area (Å²) in [5.74, 6) is 0.